The van der Waals surface area contributed by atoms with Gasteiger partial charge in [0.2, 0.25) is 0 Å². The third-order valence-corrected chi connectivity index (χ3v) is 9.35. The third-order valence-electron chi connectivity index (χ3n) is 7.51. The molecule has 1 saturated heterocycles. The zero-order valence-corrected chi connectivity index (χ0v) is 23.4. The Morgan fingerprint density at radius 1 is 1.08 bits per heavy atom. The zero-order chi connectivity index (χ0) is 24.2. The lowest BCUT2D eigenvalue weighted by Crippen LogP contribution is -2.27. The highest BCUT2D eigenvalue weighted by molar-refractivity contribution is 7.99. The highest BCUT2D eigenvalue weighted by atomic mass is 35.5. The minimum Gasteiger partial charge on any atom is -0.305 e. The molecule has 5 nitrogen and oxygen atoms in total. The van der Waals surface area contributed by atoms with E-state index in [0.29, 0.717) is 10.0 Å². The molecule has 1 saturated carbocycles. The van der Waals surface area contributed by atoms with Gasteiger partial charge in [-0.25, -0.2) is 0 Å². The number of thioether (sulfide) groups is 1. The van der Waals surface area contributed by atoms with Gasteiger partial charge in [0.1, 0.15) is 0 Å². The highest BCUT2D eigenvalue weighted by Gasteiger charge is 2.60. The number of hydrogen-bond acceptors (Lipinski definition) is 5. The maximum Gasteiger partial charge on any atom is 0.191 e. The van der Waals surface area contributed by atoms with Crippen LogP contribution in [0, 0.1) is 12.8 Å². The van der Waals surface area contributed by atoms with Crippen molar-refractivity contribution < 1.29 is 0 Å². The van der Waals surface area contributed by atoms with Gasteiger partial charge in [0.15, 0.2) is 11.0 Å². The fraction of sp³-hybridized carbons (Fsp3) is 0.370. The van der Waals surface area contributed by atoms with Gasteiger partial charge < -0.3 is 9.47 Å². The van der Waals surface area contributed by atoms with E-state index in [-0.39, 0.29) is 17.8 Å². The molecule has 1 aliphatic carbocycles. The molecule has 2 aromatic carbocycles. The van der Waals surface area contributed by atoms with Crippen LogP contribution >= 0.6 is 47.4 Å². The first kappa shape index (κ1) is 25.8. The number of hydrogen-bond donors (Lipinski definition) is 0. The minimum atomic E-state index is 0. The smallest absolute Gasteiger partial charge is 0.191 e. The highest BCUT2D eigenvalue weighted by Crippen LogP contribution is 2.59. The first-order valence-electron chi connectivity index (χ1n) is 12.0. The predicted octanol–water partition coefficient (Wildman–Crippen LogP) is 6.82. The van der Waals surface area contributed by atoms with Gasteiger partial charge in [-0.05, 0) is 62.1 Å². The van der Waals surface area contributed by atoms with E-state index in [0.717, 1.165) is 64.3 Å². The van der Waals surface area contributed by atoms with Gasteiger partial charge in [-0.15, -0.1) is 22.6 Å². The van der Waals surface area contributed by atoms with Crippen LogP contribution in [0.25, 0.3) is 22.3 Å². The summed E-state index contributed by atoms with van der Waals surface area (Å²) in [6.45, 7) is 5.41. The van der Waals surface area contributed by atoms with Gasteiger partial charge in [-0.2, -0.15) is 0 Å². The van der Waals surface area contributed by atoms with Crippen molar-refractivity contribution in [3.8, 4) is 11.4 Å². The van der Waals surface area contributed by atoms with E-state index < -0.39 is 0 Å². The lowest BCUT2D eigenvalue weighted by atomic mass is 9.95. The van der Waals surface area contributed by atoms with Gasteiger partial charge in [-0.3, -0.25) is 4.98 Å². The van der Waals surface area contributed by atoms with Crippen LogP contribution in [0.15, 0.2) is 53.7 Å². The number of pyridine rings is 1. The Balaban J connectivity index is 0.00000267. The van der Waals surface area contributed by atoms with Crippen molar-refractivity contribution in [3.05, 3.63) is 69.8 Å². The first-order valence-corrected chi connectivity index (χ1v) is 13.8. The van der Waals surface area contributed by atoms with Crippen molar-refractivity contribution in [2.24, 2.45) is 13.0 Å². The largest absolute Gasteiger partial charge is 0.305 e. The standard InChI is InChI=1S/C27H27Cl2N5S.ClH/c1-17-7-9-20-21(5-3-6-24(20)30-17)25-31-32-26(33(25)2)35-12-4-11-34-15-19-14-27(19,16-34)18-8-10-22(28)23(29)13-18;/h3,5-10,13,19H,4,11-12,14-16H2,1-2H3;1H/t19-,27?;/m1./s1. The fourth-order valence-corrected chi connectivity index (χ4v) is 6.72. The number of likely N-dealkylation sites (tertiary alicyclic amines) is 1. The number of aryl methyl sites for hydroxylation is 1. The van der Waals surface area contributed by atoms with Crippen molar-refractivity contribution >= 4 is 58.3 Å². The predicted molar refractivity (Wildman–Crippen MR) is 152 cm³/mol. The zero-order valence-electron chi connectivity index (χ0n) is 20.2. The normalized spacial score (nSPS) is 20.9. The van der Waals surface area contributed by atoms with E-state index in [4.69, 9.17) is 23.2 Å². The van der Waals surface area contributed by atoms with E-state index in [1.165, 1.54) is 18.5 Å². The monoisotopic (exact) mass is 559 g/mol. The SMILES string of the molecule is Cc1ccc2c(-c3nnc(SCCCN4C[C@H]5CC5(c5ccc(Cl)c(Cl)c5)C4)n3C)cccc2n1.Cl. The Hall–Kier alpha value is -1.83. The molecule has 0 bridgehead atoms. The van der Waals surface area contributed by atoms with Crippen LogP contribution in [0.3, 0.4) is 0 Å². The van der Waals surface area contributed by atoms with Crippen molar-refractivity contribution in [1.29, 1.82) is 0 Å². The van der Waals surface area contributed by atoms with E-state index in [1.807, 2.05) is 38.2 Å². The van der Waals surface area contributed by atoms with Crippen molar-refractivity contribution in [2.75, 3.05) is 25.4 Å². The van der Waals surface area contributed by atoms with Crippen LogP contribution in [-0.4, -0.2) is 50.0 Å². The second kappa shape index (κ2) is 10.1. The van der Waals surface area contributed by atoms with Gasteiger partial charge in [0.25, 0.3) is 0 Å². The molecule has 1 unspecified atom stereocenters. The Morgan fingerprint density at radius 3 is 2.78 bits per heavy atom. The molecule has 4 aromatic rings. The van der Waals surface area contributed by atoms with Crippen LogP contribution in [0.5, 0.6) is 0 Å². The molecular weight excluding hydrogens is 533 g/mol. The number of fused-ring (bicyclic) bond motifs is 2. The van der Waals surface area contributed by atoms with Gasteiger partial charge in [-0.1, -0.05) is 59.2 Å². The van der Waals surface area contributed by atoms with E-state index >= 15 is 0 Å². The molecule has 2 aromatic heterocycles. The molecule has 2 fully saturated rings. The van der Waals surface area contributed by atoms with E-state index in [9.17, 15) is 0 Å². The molecule has 188 valence electrons. The summed E-state index contributed by atoms with van der Waals surface area (Å²) < 4.78 is 2.10. The summed E-state index contributed by atoms with van der Waals surface area (Å²) in [5.41, 5.74) is 4.70. The van der Waals surface area contributed by atoms with E-state index in [1.54, 1.807) is 11.8 Å². The van der Waals surface area contributed by atoms with Crippen LogP contribution in [-0.2, 0) is 12.5 Å². The summed E-state index contributed by atoms with van der Waals surface area (Å²) in [4.78, 5) is 7.26. The maximum atomic E-state index is 6.29. The van der Waals surface area contributed by atoms with Gasteiger partial charge in [0, 0.05) is 47.9 Å². The second-order valence-electron chi connectivity index (χ2n) is 9.81. The van der Waals surface area contributed by atoms with Gasteiger partial charge in [0.05, 0.1) is 15.6 Å². The first-order chi connectivity index (χ1) is 16.9. The second-order valence-corrected chi connectivity index (χ2v) is 11.7. The number of halogens is 3. The third kappa shape index (κ3) is 4.63. The molecular formula is C27H28Cl3N5S. The summed E-state index contributed by atoms with van der Waals surface area (Å²) in [6, 6.07) is 16.5. The summed E-state index contributed by atoms with van der Waals surface area (Å²) in [5.74, 6) is 2.64. The summed E-state index contributed by atoms with van der Waals surface area (Å²) in [6.07, 6.45) is 2.38. The lowest BCUT2D eigenvalue weighted by Gasteiger charge is -2.21. The molecule has 3 heterocycles. The number of aromatic nitrogens is 4. The Kier molecular flexibility index (Phi) is 7.27. The molecule has 0 spiro atoms. The molecule has 6 rings (SSSR count). The van der Waals surface area contributed by atoms with Crippen LogP contribution in [0.2, 0.25) is 10.0 Å². The average Bonchev–Trinajstić information content (AvgIpc) is 3.22. The number of rotatable bonds is 7. The van der Waals surface area contributed by atoms with Crippen molar-refractivity contribution in [2.45, 2.75) is 30.3 Å². The quantitative estimate of drug-likeness (QED) is 0.183. The molecule has 2 aliphatic rings. The molecule has 2 atom stereocenters. The number of benzene rings is 2. The Morgan fingerprint density at radius 2 is 1.94 bits per heavy atom. The van der Waals surface area contributed by atoms with Crippen LogP contribution in [0.4, 0.5) is 0 Å². The average molecular weight is 561 g/mol. The minimum absolute atomic E-state index is 0. The van der Waals surface area contributed by atoms with E-state index in [2.05, 4.69) is 48.9 Å². The summed E-state index contributed by atoms with van der Waals surface area (Å²) in [7, 11) is 2.05. The number of nitrogens with zero attached hydrogens (tertiary/aromatic N) is 5. The molecule has 1 aliphatic heterocycles. The fourth-order valence-electron chi connectivity index (χ4n) is 5.59. The maximum absolute atomic E-state index is 6.29. The molecule has 0 N–H and O–H groups in total. The van der Waals surface area contributed by atoms with Crippen LogP contribution < -0.4 is 0 Å². The van der Waals surface area contributed by atoms with Gasteiger partial charge >= 0.3 is 0 Å². The van der Waals surface area contributed by atoms with Crippen LogP contribution in [0.1, 0.15) is 24.1 Å². The Labute approximate surface area is 232 Å². The van der Waals surface area contributed by atoms with Crippen molar-refractivity contribution in [1.82, 2.24) is 24.6 Å². The Bertz CT molecular complexity index is 1420. The lowest BCUT2D eigenvalue weighted by molar-refractivity contribution is 0.299. The molecule has 36 heavy (non-hydrogen) atoms. The van der Waals surface area contributed by atoms with Crippen molar-refractivity contribution in [3.63, 3.8) is 0 Å². The number of piperidine rings is 1. The molecule has 0 radical (unpaired) electrons. The summed E-state index contributed by atoms with van der Waals surface area (Å²) in [5, 5.41) is 12.4. The summed E-state index contributed by atoms with van der Waals surface area (Å²) >= 11 is 14.2. The molecule has 0 amide bonds. The molecule has 9 heteroatoms. The topological polar surface area (TPSA) is 46.8 Å².